The van der Waals surface area contributed by atoms with E-state index in [9.17, 15) is 0 Å². The van der Waals surface area contributed by atoms with Crippen LogP contribution in [-0.2, 0) is 11.2 Å². The molecular weight excluding hydrogens is 274 g/mol. The van der Waals surface area contributed by atoms with Gasteiger partial charge < -0.3 is 4.74 Å². The summed E-state index contributed by atoms with van der Waals surface area (Å²) in [4.78, 5) is 2.52. The fourth-order valence-electron chi connectivity index (χ4n) is 1.83. The predicted molar refractivity (Wildman–Crippen MR) is 68.0 cm³/mol. The Hall–Kier alpha value is 0.100. The van der Waals surface area contributed by atoms with Gasteiger partial charge in [0.05, 0.1) is 13.2 Å². The molecule has 84 valence electrons. The van der Waals surface area contributed by atoms with Crippen LogP contribution in [-0.4, -0.2) is 42.6 Å². The zero-order chi connectivity index (χ0) is 10.5. The third-order valence-corrected chi connectivity index (χ3v) is 4.27. The third kappa shape index (κ3) is 3.28. The number of morpholine rings is 1. The molecule has 1 aliphatic heterocycles. The molecule has 1 aromatic rings. The number of rotatable bonds is 4. The lowest BCUT2D eigenvalue weighted by atomic mass is 10.2. The highest BCUT2D eigenvalue weighted by Gasteiger charge is 2.21. The smallest absolute Gasteiger partial charge is 0.0630 e. The first-order chi connectivity index (χ1) is 7.40. The van der Waals surface area contributed by atoms with Gasteiger partial charge in [-0.15, -0.1) is 0 Å². The van der Waals surface area contributed by atoms with E-state index < -0.39 is 0 Å². The van der Waals surface area contributed by atoms with Crippen LogP contribution in [0.15, 0.2) is 16.8 Å². The van der Waals surface area contributed by atoms with Gasteiger partial charge in [0.1, 0.15) is 0 Å². The molecule has 0 radical (unpaired) electrons. The summed E-state index contributed by atoms with van der Waals surface area (Å²) in [6.45, 7) is 3.97. The molecule has 0 aliphatic carbocycles. The summed E-state index contributed by atoms with van der Waals surface area (Å²) in [5.74, 6) is 0. The van der Waals surface area contributed by atoms with Crippen LogP contribution in [0.4, 0.5) is 0 Å². The lowest BCUT2D eigenvalue weighted by Gasteiger charge is -2.34. The predicted octanol–water partition coefficient (Wildman–Crippen LogP) is 2.39. The summed E-state index contributed by atoms with van der Waals surface area (Å²) in [5.41, 5.74) is 1.46. The number of alkyl halides is 1. The minimum absolute atomic E-state index is 0.553. The molecule has 1 atom stereocenters. The zero-order valence-corrected chi connectivity index (χ0v) is 11.1. The van der Waals surface area contributed by atoms with Gasteiger partial charge in [-0.25, -0.2) is 0 Å². The van der Waals surface area contributed by atoms with Crippen LogP contribution >= 0.6 is 27.3 Å². The maximum atomic E-state index is 5.47. The Bertz CT molecular complexity index is 278. The van der Waals surface area contributed by atoms with Gasteiger partial charge in [0.25, 0.3) is 0 Å². The summed E-state index contributed by atoms with van der Waals surface area (Å²) < 4.78 is 5.47. The Morgan fingerprint density at radius 3 is 3.27 bits per heavy atom. The molecular formula is C11H16BrNOS. The Kier molecular flexibility index (Phi) is 4.62. The summed E-state index contributed by atoms with van der Waals surface area (Å²) in [6, 6.07) is 2.77. The van der Waals surface area contributed by atoms with Crippen molar-refractivity contribution in [2.24, 2.45) is 0 Å². The monoisotopic (exact) mass is 289 g/mol. The molecule has 0 saturated carbocycles. The van der Waals surface area contributed by atoms with Crippen molar-refractivity contribution in [1.29, 1.82) is 0 Å². The highest BCUT2D eigenvalue weighted by atomic mass is 79.9. The SMILES string of the molecule is BrCC1COCCN1CCc1ccsc1. The molecule has 0 spiro atoms. The summed E-state index contributed by atoms with van der Waals surface area (Å²) in [6.07, 6.45) is 1.16. The lowest BCUT2D eigenvalue weighted by Crippen LogP contribution is -2.47. The van der Waals surface area contributed by atoms with Crippen LogP contribution in [0.3, 0.4) is 0 Å². The minimum atomic E-state index is 0.553. The number of ether oxygens (including phenoxy) is 1. The highest BCUT2D eigenvalue weighted by molar-refractivity contribution is 9.09. The van der Waals surface area contributed by atoms with Gasteiger partial charge in [-0.3, -0.25) is 4.90 Å². The fraction of sp³-hybridized carbons (Fsp3) is 0.636. The van der Waals surface area contributed by atoms with Crippen molar-refractivity contribution >= 4 is 27.3 Å². The lowest BCUT2D eigenvalue weighted by molar-refractivity contribution is 0.00260. The first kappa shape index (κ1) is 11.6. The molecule has 2 nitrogen and oxygen atoms in total. The van der Waals surface area contributed by atoms with Gasteiger partial charge in [0.15, 0.2) is 0 Å². The number of hydrogen-bond donors (Lipinski definition) is 0. The molecule has 0 N–H and O–H groups in total. The Labute approximate surface area is 103 Å². The Morgan fingerprint density at radius 1 is 1.60 bits per heavy atom. The van der Waals surface area contributed by atoms with Crippen molar-refractivity contribution in [2.45, 2.75) is 12.5 Å². The fourth-order valence-corrected chi connectivity index (χ4v) is 3.13. The number of hydrogen-bond acceptors (Lipinski definition) is 3. The second-order valence-corrected chi connectivity index (χ2v) is 5.23. The van der Waals surface area contributed by atoms with Crippen LogP contribution < -0.4 is 0 Å². The standard InChI is InChI=1S/C11H16BrNOS/c12-7-11-8-14-5-4-13(11)3-1-10-2-6-15-9-10/h2,6,9,11H,1,3-5,7-8H2. The van der Waals surface area contributed by atoms with Crippen LogP contribution in [0.1, 0.15) is 5.56 Å². The van der Waals surface area contributed by atoms with Gasteiger partial charge in [0.2, 0.25) is 0 Å². The minimum Gasteiger partial charge on any atom is -0.378 e. The second-order valence-electron chi connectivity index (χ2n) is 3.80. The Balaban J connectivity index is 1.81. The van der Waals surface area contributed by atoms with E-state index in [1.165, 1.54) is 5.56 Å². The van der Waals surface area contributed by atoms with Crippen molar-refractivity contribution in [1.82, 2.24) is 4.90 Å². The molecule has 0 amide bonds. The first-order valence-corrected chi connectivity index (χ1v) is 7.35. The summed E-state index contributed by atoms with van der Waals surface area (Å²) in [5, 5.41) is 5.40. The van der Waals surface area contributed by atoms with E-state index >= 15 is 0 Å². The van der Waals surface area contributed by atoms with E-state index in [1.807, 2.05) is 0 Å². The molecule has 1 fully saturated rings. The van der Waals surface area contributed by atoms with Gasteiger partial charge in [-0.2, -0.15) is 11.3 Å². The van der Waals surface area contributed by atoms with Crippen LogP contribution in [0.25, 0.3) is 0 Å². The topological polar surface area (TPSA) is 12.5 Å². The van der Waals surface area contributed by atoms with Crippen molar-refractivity contribution in [3.63, 3.8) is 0 Å². The molecule has 2 rings (SSSR count). The maximum Gasteiger partial charge on any atom is 0.0630 e. The van der Waals surface area contributed by atoms with Gasteiger partial charge in [0, 0.05) is 24.5 Å². The summed E-state index contributed by atoms with van der Waals surface area (Å²) >= 11 is 5.33. The molecule has 1 saturated heterocycles. The van der Waals surface area contributed by atoms with Crippen LogP contribution in [0, 0.1) is 0 Å². The molecule has 1 aromatic heterocycles. The van der Waals surface area contributed by atoms with Crippen molar-refractivity contribution in [3.8, 4) is 0 Å². The van der Waals surface area contributed by atoms with Gasteiger partial charge in [-0.05, 0) is 28.8 Å². The Morgan fingerprint density at radius 2 is 2.53 bits per heavy atom. The molecule has 0 aromatic carbocycles. The molecule has 0 bridgehead atoms. The van der Waals surface area contributed by atoms with Crippen LogP contribution in [0.2, 0.25) is 0 Å². The average molecular weight is 290 g/mol. The number of nitrogens with zero attached hydrogens (tertiary/aromatic N) is 1. The number of halogens is 1. The zero-order valence-electron chi connectivity index (χ0n) is 8.69. The number of thiophene rings is 1. The van der Waals surface area contributed by atoms with E-state index in [2.05, 4.69) is 37.7 Å². The highest BCUT2D eigenvalue weighted by Crippen LogP contribution is 2.12. The maximum absolute atomic E-state index is 5.47. The molecule has 15 heavy (non-hydrogen) atoms. The van der Waals surface area contributed by atoms with Crippen molar-refractivity contribution in [3.05, 3.63) is 22.4 Å². The van der Waals surface area contributed by atoms with E-state index in [1.54, 1.807) is 11.3 Å². The normalized spacial score (nSPS) is 23.1. The molecule has 2 heterocycles. The quantitative estimate of drug-likeness (QED) is 0.790. The molecule has 4 heteroatoms. The van der Waals surface area contributed by atoms with Gasteiger partial charge in [-0.1, -0.05) is 15.9 Å². The first-order valence-electron chi connectivity index (χ1n) is 5.29. The van der Waals surface area contributed by atoms with Crippen LogP contribution in [0.5, 0.6) is 0 Å². The van der Waals surface area contributed by atoms with E-state index in [0.29, 0.717) is 6.04 Å². The molecule has 1 unspecified atom stereocenters. The van der Waals surface area contributed by atoms with Crippen molar-refractivity contribution in [2.75, 3.05) is 31.6 Å². The van der Waals surface area contributed by atoms with Crippen molar-refractivity contribution < 1.29 is 4.74 Å². The molecule has 1 aliphatic rings. The average Bonchev–Trinajstić information content (AvgIpc) is 2.79. The summed E-state index contributed by atoms with van der Waals surface area (Å²) in [7, 11) is 0. The third-order valence-electron chi connectivity index (χ3n) is 2.80. The van der Waals surface area contributed by atoms with E-state index in [4.69, 9.17) is 4.74 Å². The van der Waals surface area contributed by atoms with Gasteiger partial charge >= 0.3 is 0 Å². The largest absolute Gasteiger partial charge is 0.378 e. The van der Waals surface area contributed by atoms with E-state index in [0.717, 1.165) is 38.1 Å². The van der Waals surface area contributed by atoms with E-state index in [-0.39, 0.29) is 0 Å². The second kappa shape index (κ2) is 5.99.